The lowest BCUT2D eigenvalue weighted by Crippen LogP contribution is -2.28. The largest absolute Gasteiger partial charge is 0.337 e. The van der Waals surface area contributed by atoms with Crippen molar-refractivity contribution < 1.29 is 13.2 Å². The predicted molar refractivity (Wildman–Crippen MR) is 69.7 cm³/mol. The van der Waals surface area contributed by atoms with E-state index in [0.29, 0.717) is 18.7 Å². The first-order chi connectivity index (χ1) is 8.38. The summed E-state index contributed by atoms with van der Waals surface area (Å²) in [6.45, 7) is 1.14. The summed E-state index contributed by atoms with van der Waals surface area (Å²) >= 11 is 5.95. The first-order valence-electron chi connectivity index (χ1n) is 5.61. The molecule has 1 aliphatic rings. The fourth-order valence-corrected chi connectivity index (χ4v) is 2.88. The van der Waals surface area contributed by atoms with E-state index in [9.17, 15) is 13.2 Å². The minimum Gasteiger partial charge on any atom is -0.337 e. The van der Waals surface area contributed by atoms with E-state index >= 15 is 0 Å². The van der Waals surface area contributed by atoms with Crippen LogP contribution in [-0.2, 0) is 9.84 Å². The molecule has 1 heterocycles. The Kier molecular flexibility index (Phi) is 3.64. The molecule has 0 radical (unpaired) electrons. The van der Waals surface area contributed by atoms with Crippen molar-refractivity contribution >= 4 is 27.3 Å². The summed E-state index contributed by atoms with van der Waals surface area (Å²) in [6, 6.07) is 6.11. The highest BCUT2D eigenvalue weighted by atomic mass is 35.5. The number of benzene rings is 1. The van der Waals surface area contributed by atoms with E-state index in [-0.39, 0.29) is 16.2 Å². The van der Waals surface area contributed by atoms with Gasteiger partial charge in [-0.15, -0.1) is 11.6 Å². The molecule has 0 saturated carbocycles. The summed E-state index contributed by atoms with van der Waals surface area (Å²) in [6.07, 6.45) is 1.90. The number of nitrogens with zero attached hydrogens (tertiary/aromatic N) is 1. The number of sulfone groups is 1. The van der Waals surface area contributed by atoms with Crippen LogP contribution in [0.15, 0.2) is 29.2 Å². The number of carbonyl (C=O) groups is 1. The fourth-order valence-electron chi connectivity index (χ4n) is 1.94. The number of carbonyl (C=O) groups excluding carboxylic acids is 1. The van der Waals surface area contributed by atoms with Crippen molar-refractivity contribution in [2.45, 2.75) is 16.7 Å². The molecule has 1 aromatic carbocycles. The van der Waals surface area contributed by atoms with Gasteiger partial charge in [-0.1, -0.05) is 6.07 Å². The third kappa shape index (κ3) is 2.84. The molecule has 0 aromatic heterocycles. The van der Waals surface area contributed by atoms with Crippen molar-refractivity contribution in [3.63, 3.8) is 0 Å². The van der Waals surface area contributed by atoms with Crippen LogP contribution in [0.5, 0.6) is 0 Å². The van der Waals surface area contributed by atoms with Crippen LogP contribution in [0.3, 0.4) is 0 Å². The zero-order chi connectivity index (χ0) is 13.3. The van der Waals surface area contributed by atoms with Gasteiger partial charge >= 0.3 is 0 Å². The van der Waals surface area contributed by atoms with Gasteiger partial charge in [-0.2, -0.15) is 0 Å². The summed E-state index contributed by atoms with van der Waals surface area (Å²) in [5.74, 6) is -0.163. The molecule has 18 heavy (non-hydrogen) atoms. The lowest BCUT2D eigenvalue weighted by Gasteiger charge is -2.15. The molecule has 1 unspecified atom stereocenters. The highest BCUT2D eigenvalue weighted by Crippen LogP contribution is 2.19. The second-order valence-corrected chi connectivity index (χ2v) is 7.07. The van der Waals surface area contributed by atoms with Crippen LogP contribution in [-0.4, -0.2) is 43.9 Å². The molecule has 98 valence electrons. The zero-order valence-electron chi connectivity index (χ0n) is 9.97. The Morgan fingerprint density at radius 2 is 2.17 bits per heavy atom. The summed E-state index contributed by atoms with van der Waals surface area (Å²) in [4.78, 5) is 14.0. The van der Waals surface area contributed by atoms with Crippen molar-refractivity contribution in [3.05, 3.63) is 29.8 Å². The molecular weight excluding hydrogens is 274 g/mol. The normalized spacial score (nSPS) is 20.1. The van der Waals surface area contributed by atoms with Crippen LogP contribution < -0.4 is 0 Å². The monoisotopic (exact) mass is 287 g/mol. The zero-order valence-corrected chi connectivity index (χ0v) is 11.5. The maximum absolute atomic E-state index is 12.1. The van der Waals surface area contributed by atoms with Crippen molar-refractivity contribution in [2.75, 3.05) is 19.3 Å². The number of alkyl halides is 1. The van der Waals surface area contributed by atoms with Crippen LogP contribution in [0.2, 0.25) is 0 Å². The Morgan fingerprint density at radius 1 is 1.44 bits per heavy atom. The van der Waals surface area contributed by atoms with Gasteiger partial charge in [0, 0.05) is 24.9 Å². The average molecular weight is 288 g/mol. The molecular formula is C12H14ClNO3S. The first-order valence-corrected chi connectivity index (χ1v) is 7.94. The Bertz CT molecular complexity index is 570. The molecule has 0 aliphatic carbocycles. The standard InChI is InChI=1S/C12H14ClNO3S/c1-18(16,17)11-4-2-3-9(7-11)12(15)14-6-5-10(13)8-14/h2-4,7,10H,5-6,8H2,1H3. The van der Waals surface area contributed by atoms with Crippen LogP contribution in [0.25, 0.3) is 0 Å². The van der Waals surface area contributed by atoms with E-state index in [0.717, 1.165) is 12.7 Å². The Labute approximate surface area is 111 Å². The molecule has 6 heteroatoms. The van der Waals surface area contributed by atoms with E-state index in [4.69, 9.17) is 11.6 Å². The van der Waals surface area contributed by atoms with E-state index in [2.05, 4.69) is 0 Å². The number of halogens is 1. The Morgan fingerprint density at radius 3 is 2.72 bits per heavy atom. The van der Waals surface area contributed by atoms with Crippen LogP contribution >= 0.6 is 11.6 Å². The van der Waals surface area contributed by atoms with Gasteiger partial charge in [-0.3, -0.25) is 4.79 Å². The molecule has 1 saturated heterocycles. The molecule has 0 spiro atoms. The maximum Gasteiger partial charge on any atom is 0.253 e. The van der Waals surface area contributed by atoms with Crippen molar-refractivity contribution in [3.8, 4) is 0 Å². The highest BCUT2D eigenvalue weighted by molar-refractivity contribution is 7.90. The quantitative estimate of drug-likeness (QED) is 0.776. The van der Waals surface area contributed by atoms with Crippen LogP contribution in [0.4, 0.5) is 0 Å². The van der Waals surface area contributed by atoms with Crippen molar-refractivity contribution in [1.82, 2.24) is 4.90 Å². The first kappa shape index (κ1) is 13.4. The molecule has 1 amide bonds. The predicted octanol–water partition coefficient (Wildman–Crippen LogP) is 1.54. The summed E-state index contributed by atoms with van der Waals surface area (Å²) in [5.41, 5.74) is 0.392. The van der Waals surface area contributed by atoms with E-state index in [1.165, 1.54) is 12.1 Å². The summed E-state index contributed by atoms with van der Waals surface area (Å²) < 4.78 is 22.9. The van der Waals surface area contributed by atoms with Crippen molar-refractivity contribution in [2.24, 2.45) is 0 Å². The van der Waals surface area contributed by atoms with Gasteiger partial charge in [0.25, 0.3) is 5.91 Å². The Balaban J connectivity index is 2.26. The number of likely N-dealkylation sites (tertiary alicyclic amines) is 1. The second kappa shape index (κ2) is 4.90. The minimum atomic E-state index is -3.29. The lowest BCUT2D eigenvalue weighted by atomic mass is 10.2. The van der Waals surface area contributed by atoms with Crippen LogP contribution in [0, 0.1) is 0 Å². The van der Waals surface area contributed by atoms with E-state index < -0.39 is 9.84 Å². The fraction of sp³-hybridized carbons (Fsp3) is 0.417. The molecule has 2 rings (SSSR count). The maximum atomic E-state index is 12.1. The number of hydrogen-bond acceptors (Lipinski definition) is 3. The summed E-state index contributed by atoms with van der Waals surface area (Å²) in [5, 5.41) is -0.00737. The molecule has 1 atom stereocenters. The molecule has 1 aromatic rings. The van der Waals surface area contributed by atoms with Gasteiger partial charge in [0.15, 0.2) is 9.84 Å². The van der Waals surface area contributed by atoms with Gasteiger partial charge in [0.05, 0.1) is 10.3 Å². The third-order valence-corrected chi connectivity index (χ3v) is 4.39. The lowest BCUT2D eigenvalue weighted by molar-refractivity contribution is 0.0793. The molecule has 1 aliphatic heterocycles. The smallest absolute Gasteiger partial charge is 0.253 e. The SMILES string of the molecule is CS(=O)(=O)c1cccc(C(=O)N2CCC(Cl)C2)c1. The topological polar surface area (TPSA) is 54.5 Å². The van der Waals surface area contributed by atoms with E-state index in [1.54, 1.807) is 17.0 Å². The van der Waals surface area contributed by atoms with Gasteiger partial charge < -0.3 is 4.90 Å². The minimum absolute atomic E-state index is 0.00737. The van der Waals surface area contributed by atoms with Gasteiger partial charge in [-0.25, -0.2) is 8.42 Å². The average Bonchev–Trinajstić information content (AvgIpc) is 2.74. The second-order valence-electron chi connectivity index (χ2n) is 4.44. The summed E-state index contributed by atoms with van der Waals surface area (Å²) in [7, 11) is -3.29. The number of amides is 1. The van der Waals surface area contributed by atoms with Crippen LogP contribution in [0.1, 0.15) is 16.8 Å². The third-order valence-electron chi connectivity index (χ3n) is 2.93. The Hall–Kier alpha value is -1.07. The number of hydrogen-bond donors (Lipinski definition) is 0. The molecule has 1 fully saturated rings. The molecule has 4 nitrogen and oxygen atoms in total. The van der Waals surface area contributed by atoms with Gasteiger partial charge in [0.2, 0.25) is 0 Å². The van der Waals surface area contributed by atoms with Gasteiger partial charge in [0.1, 0.15) is 0 Å². The van der Waals surface area contributed by atoms with Crippen molar-refractivity contribution in [1.29, 1.82) is 0 Å². The molecule has 0 N–H and O–H groups in total. The molecule has 0 bridgehead atoms. The van der Waals surface area contributed by atoms with E-state index in [1.807, 2.05) is 0 Å². The highest BCUT2D eigenvalue weighted by Gasteiger charge is 2.25. The number of rotatable bonds is 2. The van der Waals surface area contributed by atoms with Gasteiger partial charge in [-0.05, 0) is 24.6 Å².